The number of ether oxygens (including phenoxy) is 2. The first kappa shape index (κ1) is 10.9. The molecule has 0 saturated heterocycles. The maximum Gasteiger partial charge on any atom is 0.0643 e. The molecule has 0 amide bonds. The molecule has 3 nitrogen and oxygen atoms in total. The Morgan fingerprint density at radius 1 is 1.36 bits per heavy atom. The SMILES string of the molecule is CCC(C)OCC(N)COC. The second-order valence-electron chi connectivity index (χ2n) is 2.77. The normalized spacial score (nSPS) is 16.4. The molecule has 11 heavy (non-hydrogen) atoms. The fourth-order valence-corrected chi connectivity index (χ4v) is 0.668. The van der Waals surface area contributed by atoms with Crippen molar-refractivity contribution in [3.63, 3.8) is 0 Å². The summed E-state index contributed by atoms with van der Waals surface area (Å²) in [5, 5.41) is 0. The van der Waals surface area contributed by atoms with Crippen LogP contribution in [0.25, 0.3) is 0 Å². The molecule has 0 aliphatic carbocycles. The molecule has 0 fully saturated rings. The summed E-state index contributed by atoms with van der Waals surface area (Å²) in [6.45, 7) is 5.28. The minimum Gasteiger partial charge on any atom is -0.383 e. The smallest absolute Gasteiger partial charge is 0.0643 e. The third kappa shape index (κ3) is 6.28. The Labute approximate surface area is 68.9 Å². The lowest BCUT2D eigenvalue weighted by molar-refractivity contribution is 0.0374. The standard InChI is InChI=1S/C8H19NO2/c1-4-7(2)11-6-8(9)5-10-3/h7-8H,4-6,9H2,1-3H3. The van der Waals surface area contributed by atoms with E-state index in [9.17, 15) is 0 Å². The van der Waals surface area contributed by atoms with Crippen molar-refractivity contribution in [3.8, 4) is 0 Å². The van der Waals surface area contributed by atoms with Crippen molar-refractivity contribution in [3.05, 3.63) is 0 Å². The van der Waals surface area contributed by atoms with Gasteiger partial charge in [-0.15, -0.1) is 0 Å². The van der Waals surface area contributed by atoms with E-state index in [0.717, 1.165) is 6.42 Å². The summed E-state index contributed by atoms with van der Waals surface area (Å²) in [5.41, 5.74) is 5.64. The topological polar surface area (TPSA) is 44.5 Å². The molecule has 0 saturated carbocycles. The Morgan fingerprint density at radius 3 is 2.45 bits per heavy atom. The zero-order valence-corrected chi connectivity index (χ0v) is 7.67. The van der Waals surface area contributed by atoms with E-state index in [1.165, 1.54) is 0 Å². The molecule has 0 rings (SSSR count). The van der Waals surface area contributed by atoms with Gasteiger partial charge in [-0.1, -0.05) is 6.92 Å². The monoisotopic (exact) mass is 161 g/mol. The van der Waals surface area contributed by atoms with E-state index < -0.39 is 0 Å². The second-order valence-corrected chi connectivity index (χ2v) is 2.77. The molecule has 2 N–H and O–H groups in total. The minimum absolute atomic E-state index is 0.00833. The van der Waals surface area contributed by atoms with Gasteiger partial charge in [0.2, 0.25) is 0 Å². The zero-order chi connectivity index (χ0) is 8.69. The van der Waals surface area contributed by atoms with Gasteiger partial charge in [-0.3, -0.25) is 0 Å². The average Bonchev–Trinajstić information content (AvgIpc) is 2.01. The van der Waals surface area contributed by atoms with E-state index in [1.807, 2.05) is 6.92 Å². The highest BCUT2D eigenvalue weighted by atomic mass is 16.5. The van der Waals surface area contributed by atoms with Crippen LogP contribution in [0.3, 0.4) is 0 Å². The summed E-state index contributed by atoms with van der Waals surface area (Å²) in [7, 11) is 1.64. The molecule has 0 aliphatic rings. The van der Waals surface area contributed by atoms with Gasteiger partial charge in [0.1, 0.15) is 0 Å². The summed E-state index contributed by atoms with van der Waals surface area (Å²) in [6.07, 6.45) is 1.33. The number of nitrogens with two attached hydrogens (primary N) is 1. The van der Waals surface area contributed by atoms with Crippen LogP contribution in [-0.4, -0.2) is 32.5 Å². The lowest BCUT2D eigenvalue weighted by Crippen LogP contribution is -2.32. The van der Waals surface area contributed by atoms with Crippen LogP contribution in [0.4, 0.5) is 0 Å². The minimum atomic E-state index is 0.00833. The summed E-state index contributed by atoms with van der Waals surface area (Å²) >= 11 is 0. The Bertz CT molecular complexity index is 88.2. The second kappa shape index (κ2) is 6.58. The third-order valence-corrected chi connectivity index (χ3v) is 1.55. The highest BCUT2D eigenvalue weighted by Crippen LogP contribution is 1.96. The van der Waals surface area contributed by atoms with Gasteiger partial charge in [-0.2, -0.15) is 0 Å². The number of hydrogen-bond acceptors (Lipinski definition) is 3. The molecule has 0 heterocycles. The lowest BCUT2D eigenvalue weighted by atomic mass is 10.3. The van der Waals surface area contributed by atoms with Crippen LogP contribution in [0.15, 0.2) is 0 Å². The summed E-state index contributed by atoms with van der Waals surface area (Å²) in [5.74, 6) is 0. The summed E-state index contributed by atoms with van der Waals surface area (Å²) in [4.78, 5) is 0. The van der Waals surface area contributed by atoms with Crippen molar-refractivity contribution in [2.45, 2.75) is 32.4 Å². The van der Waals surface area contributed by atoms with Crippen LogP contribution in [0.2, 0.25) is 0 Å². The first-order valence-electron chi connectivity index (χ1n) is 4.06. The predicted octanol–water partition coefficient (Wildman–Crippen LogP) is 0.775. The molecule has 0 spiro atoms. The lowest BCUT2D eigenvalue weighted by Gasteiger charge is -2.14. The van der Waals surface area contributed by atoms with Crippen molar-refractivity contribution in [2.24, 2.45) is 5.73 Å². The Kier molecular flexibility index (Phi) is 6.51. The molecular weight excluding hydrogens is 142 g/mol. The fraction of sp³-hybridized carbons (Fsp3) is 1.00. The maximum absolute atomic E-state index is 5.64. The maximum atomic E-state index is 5.64. The van der Waals surface area contributed by atoms with Gasteiger partial charge in [-0.05, 0) is 13.3 Å². The van der Waals surface area contributed by atoms with Crippen LogP contribution in [-0.2, 0) is 9.47 Å². The molecule has 0 aliphatic heterocycles. The molecule has 0 aromatic rings. The molecule has 0 aromatic carbocycles. The fourth-order valence-electron chi connectivity index (χ4n) is 0.668. The van der Waals surface area contributed by atoms with Crippen LogP contribution in [0.5, 0.6) is 0 Å². The number of hydrogen-bond donors (Lipinski definition) is 1. The van der Waals surface area contributed by atoms with Crippen molar-refractivity contribution < 1.29 is 9.47 Å². The third-order valence-electron chi connectivity index (χ3n) is 1.55. The van der Waals surface area contributed by atoms with Gasteiger partial charge in [0.05, 0.1) is 25.4 Å². The van der Waals surface area contributed by atoms with Gasteiger partial charge in [-0.25, -0.2) is 0 Å². The van der Waals surface area contributed by atoms with Gasteiger partial charge < -0.3 is 15.2 Å². The van der Waals surface area contributed by atoms with E-state index in [1.54, 1.807) is 7.11 Å². The number of rotatable bonds is 6. The van der Waals surface area contributed by atoms with Gasteiger partial charge >= 0.3 is 0 Å². The molecule has 0 radical (unpaired) electrons. The summed E-state index contributed by atoms with van der Waals surface area (Å²) < 4.78 is 10.3. The average molecular weight is 161 g/mol. The van der Waals surface area contributed by atoms with E-state index in [2.05, 4.69) is 6.92 Å². The van der Waals surface area contributed by atoms with Gasteiger partial charge in [0, 0.05) is 7.11 Å². The van der Waals surface area contributed by atoms with E-state index >= 15 is 0 Å². The first-order valence-corrected chi connectivity index (χ1v) is 4.06. The molecule has 3 heteroatoms. The Morgan fingerprint density at radius 2 is 2.00 bits per heavy atom. The Hall–Kier alpha value is -0.120. The van der Waals surface area contributed by atoms with Crippen molar-refractivity contribution in [1.29, 1.82) is 0 Å². The molecule has 2 unspecified atom stereocenters. The zero-order valence-electron chi connectivity index (χ0n) is 7.67. The van der Waals surface area contributed by atoms with Crippen molar-refractivity contribution >= 4 is 0 Å². The van der Waals surface area contributed by atoms with Crippen molar-refractivity contribution in [1.82, 2.24) is 0 Å². The molecule has 2 atom stereocenters. The molecule has 68 valence electrons. The number of methoxy groups -OCH3 is 1. The molecule has 0 bridgehead atoms. The largest absolute Gasteiger partial charge is 0.383 e. The molecular formula is C8H19NO2. The van der Waals surface area contributed by atoms with Crippen LogP contribution in [0, 0.1) is 0 Å². The van der Waals surface area contributed by atoms with Gasteiger partial charge in [0.25, 0.3) is 0 Å². The van der Waals surface area contributed by atoms with Crippen LogP contribution in [0.1, 0.15) is 20.3 Å². The van der Waals surface area contributed by atoms with Crippen LogP contribution < -0.4 is 5.73 Å². The van der Waals surface area contributed by atoms with E-state index in [4.69, 9.17) is 15.2 Å². The van der Waals surface area contributed by atoms with Crippen molar-refractivity contribution in [2.75, 3.05) is 20.3 Å². The van der Waals surface area contributed by atoms with Crippen LogP contribution >= 0.6 is 0 Å². The highest BCUT2D eigenvalue weighted by molar-refractivity contribution is 4.58. The quantitative estimate of drug-likeness (QED) is 0.626. The van der Waals surface area contributed by atoms with Gasteiger partial charge in [0.15, 0.2) is 0 Å². The van der Waals surface area contributed by atoms with E-state index in [0.29, 0.717) is 19.3 Å². The predicted molar refractivity (Wildman–Crippen MR) is 45.6 cm³/mol. The highest BCUT2D eigenvalue weighted by Gasteiger charge is 2.04. The first-order chi connectivity index (χ1) is 5.20. The summed E-state index contributed by atoms with van der Waals surface area (Å²) in [6, 6.07) is 0.00833. The molecule has 0 aromatic heterocycles. The Balaban J connectivity index is 3.22. The van der Waals surface area contributed by atoms with E-state index in [-0.39, 0.29) is 6.04 Å².